The van der Waals surface area contributed by atoms with Crippen molar-refractivity contribution in [3.63, 3.8) is 0 Å². The van der Waals surface area contributed by atoms with Crippen LogP contribution in [0.2, 0.25) is 5.02 Å². The predicted octanol–water partition coefficient (Wildman–Crippen LogP) is 3.60. The van der Waals surface area contributed by atoms with Crippen LogP contribution >= 0.6 is 11.6 Å². The number of rotatable bonds is 6. The highest BCUT2D eigenvalue weighted by molar-refractivity contribution is 7.89. The van der Waals surface area contributed by atoms with E-state index in [-0.39, 0.29) is 10.8 Å². The van der Waals surface area contributed by atoms with Gasteiger partial charge in [0.05, 0.1) is 4.90 Å². The predicted molar refractivity (Wildman–Crippen MR) is 98.4 cm³/mol. The number of benzene rings is 2. The summed E-state index contributed by atoms with van der Waals surface area (Å²) in [6.45, 7) is 3.47. The third-order valence-corrected chi connectivity index (χ3v) is 5.75. The van der Waals surface area contributed by atoms with E-state index < -0.39 is 16.1 Å². The molecule has 1 N–H and O–H groups in total. The van der Waals surface area contributed by atoms with E-state index in [0.717, 1.165) is 11.1 Å². The molecule has 1 aromatic heterocycles. The zero-order valence-corrected chi connectivity index (χ0v) is 15.9. The van der Waals surface area contributed by atoms with E-state index in [9.17, 15) is 8.42 Å². The lowest BCUT2D eigenvalue weighted by molar-refractivity contribution is 0.411. The summed E-state index contributed by atoms with van der Waals surface area (Å²) < 4.78 is 33.8. The number of aromatic nitrogens is 2. The van der Waals surface area contributed by atoms with Gasteiger partial charge in [-0.2, -0.15) is 4.72 Å². The van der Waals surface area contributed by atoms with Gasteiger partial charge in [-0.05, 0) is 36.6 Å². The van der Waals surface area contributed by atoms with Crippen LogP contribution in [0.3, 0.4) is 0 Å². The molecule has 0 saturated carbocycles. The largest absolute Gasteiger partial charge is 0.424 e. The van der Waals surface area contributed by atoms with Crippen LogP contribution in [0.5, 0.6) is 0 Å². The summed E-state index contributed by atoms with van der Waals surface area (Å²) in [4.78, 5) is 0.0856. The second kappa shape index (κ2) is 7.57. The number of nitrogens with zero attached hydrogens (tertiary/aromatic N) is 2. The highest BCUT2D eigenvalue weighted by atomic mass is 35.5. The molecule has 0 saturated heterocycles. The molecule has 0 aliphatic rings. The third-order valence-electron chi connectivity index (χ3n) is 3.87. The molecule has 0 radical (unpaired) electrons. The van der Waals surface area contributed by atoms with Crippen LogP contribution in [-0.2, 0) is 16.4 Å². The summed E-state index contributed by atoms with van der Waals surface area (Å²) in [5.41, 5.74) is 1.75. The maximum absolute atomic E-state index is 12.8. The van der Waals surface area contributed by atoms with Crippen molar-refractivity contribution >= 4 is 21.6 Å². The number of nitrogens with one attached hydrogen (secondary N) is 1. The molecule has 0 aliphatic carbocycles. The van der Waals surface area contributed by atoms with E-state index in [1.54, 1.807) is 13.0 Å². The molecule has 6 nitrogen and oxygen atoms in total. The Labute approximate surface area is 157 Å². The first-order valence-electron chi connectivity index (χ1n) is 7.97. The van der Waals surface area contributed by atoms with E-state index in [1.165, 1.54) is 12.1 Å². The molecule has 2 aromatic carbocycles. The number of aryl methyl sites for hydroxylation is 2. The Morgan fingerprint density at radius 2 is 1.85 bits per heavy atom. The normalized spacial score (nSPS) is 12.9. The van der Waals surface area contributed by atoms with Gasteiger partial charge in [-0.15, -0.1) is 10.2 Å². The fourth-order valence-corrected chi connectivity index (χ4v) is 3.94. The van der Waals surface area contributed by atoms with Crippen molar-refractivity contribution in [2.45, 2.75) is 31.2 Å². The summed E-state index contributed by atoms with van der Waals surface area (Å²) in [6.07, 6.45) is 0.376. The van der Waals surface area contributed by atoms with Crippen LogP contribution in [0.1, 0.15) is 29.0 Å². The number of sulfonamides is 1. The molecule has 0 fully saturated rings. The molecule has 136 valence electrons. The van der Waals surface area contributed by atoms with Gasteiger partial charge in [0.25, 0.3) is 0 Å². The number of hydrogen-bond donors (Lipinski definition) is 1. The first-order chi connectivity index (χ1) is 12.3. The van der Waals surface area contributed by atoms with Gasteiger partial charge in [-0.3, -0.25) is 0 Å². The highest BCUT2D eigenvalue weighted by Crippen LogP contribution is 2.24. The zero-order valence-electron chi connectivity index (χ0n) is 14.3. The second-order valence-corrected chi connectivity index (χ2v) is 8.06. The summed E-state index contributed by atoms with van der Waals surface area (Å²) in [6, 6.07) is 13.4. The first kappa shape index (κ1) is 18.6. The van der Waals surface area contributed by atoms with Gasteiger partial charge in [-0.25, -0.2) is 8.42 Å². The van der Waals surface area contributed by atoms with Crippen LogP contribution < -0.4 is 4.72 Å². The maximum Gasteiger partial charge on any atom is 0.241 e. The Morgan fingerprint density at radius 3 is 2.46 bits per heavy atom. The molecule has 8 heteroatoms. The van der Waals surface area contributed by atoms with Crippen molar-refractivity contribution in [1.29, 1.82) is 0 Å². The molecule has 26 heavy (non-hydrogen) atoms. The van der Waals surface area contributed by atoms with E-state index in [2.05, 4.69) is 14.9 Å². The zero-order chi connectivity index (χ0) is 18.7. The van der Waals surface area contributed by atoms with Crippen LogP contribution in [0, 0.1) is 13.8 Å². The molecule has 1 unspecified atom stereocenters. The summed E-state index contributed by atoms with van der Waals surface area (Å²) in [5, 5.41) is 8.18. The Kier molecular flexibility index (Phi) is 5.41. The molecule has 0 amide bonds. The number of hydrogen-bond acceptors (Lipinski definition) is 5. The second-order valence-electron chi connectivity index (χ2n) is 5.93. The highest BCUT2D eigenvalue weighted by Gasteiger charge is 2.26. The molecule has 1 heterocycles. The minimum absolute atomic E-state index is 0.0856. The lowest BCUT2D eigenvalue weighted by atomic mass is 10.1. The molecule has 3 aromatic rings. The van der Waals surface area contributed by atoms with Crippen molar-refractivity contribution in [3.8, 4) is 0 Å². The fourth-order valence-electron chi connectivity index (χ4n) is 2.48. The molecule has 0 aliphatic heterocycles. The lowest BCUT2D eigenvalue weighted by Gasteiger charge is -2.16. The van der Waals surface area contributed by atoms with Crippen LogP contribution in [0.25, 0.3) is 0 Å². The van der Waals surface area contributed by atoms with Crippen molar-refractivity contribution in [1.82, 2.24) is 14.9 Å². The quantitative estimate of drug-likeness (QED) is 0.693. The van der Waals surface area contributed by atoms with E-state index in [0.29, 0.717) is 17.3 Å². The topological polar surface area (TPSA) is 85.1 Å². The van der Waals surface area contributed by atoms with Crippen LogP contribution in [0.4, 0.5) is 0 Å². The van der Waals surface area contributed by atoms with Crippen molar-refractivity contribution in [2.24, 2.45) is 0 Å². The SMILES string of the molecule is Cc1nnc(C(Cc2ccccc2)NS(=O)(=O)c2ccc(C)c(Cl)c2)o1. The number of halogens is 1. The van der Waals surface area contributed by atoms with Crippen LogP contribution in [0.15, 0.2) is 57.8 Å². The molecule has 1 atom stereocenters. The summed E-state index contributed by atoms with van der Waals surface area (Å²) >= 11 is 6.07. The van der Waals surface area contributed by atoms with Gasteiger partial charge in [0.2, 0.25) is 21.8 Å². The molecule has 0 bridgehead atoms. The third kappa shape index (κ3) is 4.30. The Balaban J connectivity index is 1.92. The molecule has 3 rings (SSSR count). The maximum atomic E-state index is 12.8. The van der Waals surface area contributed by atoms with Gasteiger partial charge in [0, 0.05) is 11.9 Å². The first-order valence-corrected chi connectivity index (χ1v) is 9.84. The summed E-state index contributed by atoms with van der Waals surface area (Å²) in [7, 11) is -3.82. The van der Waals surface area contributed by atoms with Gasteiger partial charge < -0.3 is 4.42 Å². The summed E-state index contributed by atoms with van der Waals surface area (Å²) in [5.74, 6) is 0.587. The Hall–Kier alpha value is -2.22. The smallest absolute Gasteiger partial charge is 0.241 e. The van der Waals surface area contributed by atoms with E-state index in [1.807, 2.05) is 37.3 Å². The lowest BCUT2D eigenvalue weighted by Crippen LogP contribution is -2.30. The van der Waals surface area contributed by atoms with Gasteiger partial charge in [0.1, 0.15) is 6.04 Å². The molecular weight excluding hydrogens is 374 g/mol. The standard InChI is InChI=1S/C18H18ClN3O3S/c1-12-8-9-15(11-16(12)19)26(23,24)22-17(18-21-20-13(2)25-18)10-14-6-4-3-5-7-14/h3-9,11,17,22H,10H2,1-2H3. The molecule has 0 spiro atoms. The Bertz CT molecular complexity index is 1000. The molecular formula is C18H18ClN3O3S. The Morgan fingerprint density at radius 1 is 1.12 bits per heavy atom. The minimum atomic E-state index is -3.82. The fraction of sp³-hybridized carbons (Fsp3) is 0.222. The van der Waals surface area contributed by atoms with Crippen molar-refractivity contribution in [3.05, 3.63) is 76.5 Å². The van der Waals surface area contributed by atoms with E-state index >= 15 is 0 Å². The van der Waals surface area contributed by atoms with Gasteiger partial charge in [0.15, 0.2) is 0 Å². The average molecular weight is 392 g/mol. The van der Waals surface area contributed by atoms with Crippen molar-refractivity contribution in [2.75, 3.05) is 0 Å². The van der Waals surface area contributed by atoms with Crippen LogP contribution in [-0.4, -0.2) is 18.6 Å². The van der Waals surface area contributed by atoms with Crippen molar-refractivity contribution < 1.29 is 12.8 Å². The average Bonchev–Trinajstić information content (AvgIpc) is 3.04. The monoisotopic (exact) mass is 391 g/mol. The van der Waals surface area contributed by atoms with Gasteiger partial charge in [-0.1, -0.05) is 48.0 Å². The minimum Gasteiger partial charge on any atom is -0.424 e. The van der Waals surface area contributed by atoms with E-state index in [4.69, 9.17) is 16.0 Å². The van der Waals surface area contributed by atoms with Gasteiger partial charge >= 0.3 is 0 Å².